The second kappa shape index (κ2) is 4.22. The molecule has 4 nitrogen and oxygen atoms in total. The zero-order valence-corrected chi connectivity index (χ0v) is 9.76. The SMILES string of the molecule is C=C1C(O)Cc2ccccc2N(C(N)=O)C1C. The number of rotatable bonds is 0. The smallest absolute Gasteiger partial charge is 0.319 e. The Morgan fingerprint density at radius 3 is 2.82 bits per heavy atom. The van der Waals surface area contributed by atoms with Crippen molar-refractivity contribution in [3.05, 3.63) is 42.0 Å². The van der Waals surface area contributed by atoms with E-state index in [2.05, 4.69) is 6.58 Å². The zero-order chi connectivity index (χ0) is 12.6. The monoisotopic (exact) mass is 232 g/mol. The van der Waals surface area contributed by atoms with E-state index in [1.165, 1.54) is 4.90 Å². The molecule has 17 heavy (non-hydrogen) atoms. The normalized spacial score (nSPS) is 24.1. The van der Waals surface area contributed by atoms with Gasteiger partial charge in [-0.25, -0.2) is 4.79 Å². The number of nitrogens with two attached hydrogens (primary N) is 1. The van der Waals surface area contributed by atoms with Gasteiger partial charge < -0.3 is 10.8 Å². The minimum Gasteiger partial charge on any atom is -0.388 e. The van der Waals surface area contributed by atoms with Crippen LogP contribution in [0.1, 0.15) is 12.5 Å². The molecule has 1 heterocycles. The van der Waals surface area contributed by atoms with Crippen LogP contribution in [0.3, 0.4) is 0 Å². The molecule has 0 radical (unpaired) electrons. The lowest BCUT2D eigenvalue weighted by Gasteiger charge is -2.28. The summed E-state index contributed by atoms with van der Waals surface area (Å²) in [5.74, 6) is 0. The van der Waals surface area contributed by atoms with Crippen LogP contribution in [-0.4, -0.2) is 23.3 Å². The summed E-state index contributed by atoms with van der Waals surface area (Å²) >= 11 is 0. The number of fused-ring (bicyclic) bond motifs is 1. The molecule has 0 bridgehead atoms. The topological polar surface area (TPSA) is 66.6 Å². The number of anilines is 1. The Morgan fingerprint density at radius 2 is 2.18 bits per heavy atom. The van der Waals surface area contributed by atoms with Gasteiger partial charge in [0.05, 0.1) is 12.1 Å². The molecule has 0 spiro atoms. The van der Waals surface area contributed by atoms with Crippen molar-refractivity contribution in [1.82, 2.24) is 0 Å². The number of para-hydroxylation sites is 1. The van der Waals surface area contributed by atoms with E-state index in [1.54, 1.807) is 0 Å². The van der Waals surface area contributed by atoms with Crippen molar-refractivity contribution >= 4 is 11.7 Å². The Morgan fingerprint density at radius 1 is 1.53 bits per heavy atom. The summed E-state index contributed by atoms with van der Waals surface area (Å²) in [6.07, 6.45) is -0.182. The second-order valence-corrected chi connectivity index (χ2v) is 4.31. The lowest BCUT2D eigenvalue weighted by Crippen LogP contribution is -2.43. The van der Waals surface area contributed by atoms with Crippen molar-refractivity contribution in [1.29, 1.82) is 0 Å². The highest BCUT2D eigenvalue weighted by molar-refractivity contribution is 5.93. The number of nitrogens with zero attached hydrogens (tertiary/aromatic N) is 1. The van der Waals surface area contributed by atoms with E-state index in [0.717, 1.165) is 11.3 Å². The van der Waals surface area contributed by atoms with E-state index in [4.69, 9.17) is 5.73 Å². The van der Waals surface area contributed by atoms with Crippen molar-refractivity contribution in [3.8, 4) is 0 Å². The van der Waals surface area contributed by atoms with Crippen LogP contribution in [-0.2, 0) is 6.42 Å². The Labute approximate surface area is 100 Å². The number of aliphatic hydroxyl groups is 1. The summed E-state index contributed by atoms with van der Waals surface area (Å²) in [6, 6.07) is 6.62. The molecule has 1 aliphatic heterocycles. The van der Waals surface area contributed by atoms with Crippen molar-refractivity contribution in [3.63, 3.8) is 0 Å². The predicted molar refractivity (Wildman–Crippen MR) is 66.8 cm³/mol. The predicted octanol–water partition coefficient (Wildman–Crippen LogP) is 1.43. The van der Waals surface area contributed by atoms with E-state index in [9.17, 15) is 9.90 Å². The number of carbonyl (C=O) groups excluding carboxylic acids is 1. The molecular weight excluding hydrogens is 216 g/mol. The number of amides is 2. The number of urea groups is 1. The lowest BCUT2D eigenvalue weighted by molar-refractivity contribution is 0.207. The molecule has 1 aliphatic rings. The van der Waals surface area contributed by atoms with E-state index >= 15 is 0 Å². The third kappa shape index (κ3) is 1.91. The molecular formula is C13H16N2O2. The average Bonchev–Trinajstić information content (AvgIpc) is 2.37. The maximum absolute atomic E-state index is 11.6. The summed E-state index contributed by atoms with van der Waals surface area (Å²) in [7, 11) is 0. The maximum atomic E-state index is 11.6. The van der Waals surface area contributed by atoms with Gasteiger partial charge in [-0.3, -0.25) is 4.90 Å². The number of hydrogen-bond acceptors (Lipinski definition) is 2. The average molecular weight is 232 g/mol. The molecule has 0 fully saturated rings. The molecule has 3 N–H and O–H groups in total. The van der Waals surface area contributed by atoms with E-state index in [1.807, 2.05) is 31.2 Å². The molecule has 2 amide bonds. The first-order valence-electron chi connectivity index (χ1n) is 5.55. The van der Waals surface area contributed by atoms with Crippen LogP contribution >= 0.6 is 0 Å². The zero-order valence-electron chi connectivity index (χ0n) is 9.76. The summed E-state index contributed by atoms with van der Waals surface area (Å²) in [6.45, 7) is 5.67. The number of aliphatic hydroxyl groups excluding tert-OH is 1. The van der Waals surface area contributed by atoms with Crippen LogP contribution in [0, 0.1) is 0 Å². The molecule has 0 aliphatic carbocycles. The van der Waals surface area contributed by atoms with Crippen LogP contribution in [0.25, 0.3) is 0 Å². The van der Waals surface area contributed by atoms with Gasteiger partial charge in [0.25, 0.3) is 0 Å². The van der Waals surface area contributed by atoms with Gasteiger partial charge in [-0.15, -0.1) is 0 Å². The van der Waals surface area contributed by atoms with E-state index < -0.39 is 12.1 Å². The van der Waals surface area contributed by atoms with Gasteiger partial charge in [0.15, 0.2) is 0 Å². The molecule has 2 rings (SSSR count). The summed E-state index contributed by atoms with van der Waals surface area (Å²) in [5.41, 5.74) is 7.69. The highest BCUT2D eigenvalue weighted by Gasteiger charge is 2.31. The highest BCUT2D eigenvalue weighted by atomic mass is 16.3. The molecule has 2 atom stereocenters. The number of primary amides is 1. The van der Waals surface area contributed by atoms with Gasteiger partial charge >= 0.3 is 6.03 Å². The Kier molecular flexibility index (Phi) is 2.90. The molecule has 1 aromatic carbocycles. The van der Waals surface area contributed by atoms with Gasteiger partial charge in [0.2, 0.25) is 0 Å². The quantitative estimate of drug-likeness (QED) is 0.664. The fraction of sp³-hybridized carbons (Fsp3) is 0.308. The minimum atomic E-state index is -0.643. The first-order chi connectivity index (χ1) is 8.02. The van der Waals surface area contributed by atoms with Crippen molar-refractivity contribution in [2.75, 3.05) is 4.90 Å². The minimum absolute atomic E-state index is 0.300. The number of benzene rings is 1. The summed E-state index contributed by atoms with van der Waals surface area (Å²) in [4.78, 5) is 13.0. The van der Waals surface area contributed by atoms with Crippen LogP contribution < -0.4 is 10.6 Å². The van der Waals surface area contributed by atoms with Gasteiger partial charge in [-0.1, -0.05) is 24.8 Å². The van der Waals surface area contributed by atoms with Gasteiger partial charge in [-0.2, -0.15) is 0 Å². The number of hydrogen-bond donors (Lipinski definition) is 2. The van der Waals surface area contributed by atoms with Crippen molar-refractivity contribution < 1.29 is 9.90 Å². The maximum Gasteiger partial charge on any atom is 0.319 e. The summed E-state index contributed by atoms with van der Waals surface area (Å²) in [5, 5.41) is 10.00. The molecule has 90 valence electrons. The second-order valence-electron chi connectivity index (χ2n) is 4.31. The third-order valence-corrected chi connectivity index (χ3v) is 3.25. The van der Waals surface area contributed by atoms with E-state index in [0.29, 0.717) is 12.0 Å². The van der Waals surface area contributed by atoms with Gasteiger partial charge in [0, 0.05) is 12.1 Å². The highest BCUT2D eigenvalue weighted by Crippen LogP contribution is 2.31. The Bertz CT molecular complexity index is 470. The molecule has 0 saturated heterocycles. The van der Waals surface area contributed by atoms with E-state index in [-0.39, 0.29) is 6.04 Å². The van der Waals surface area contributed by atoms with Crippen LogP contribution in [0.5, 0.6) is 0 Å². The fourth-order valence-electron chi connectivity index (χ4n) is 2.22. The first kappa shape index (κ1) is 11.7. The third-order valence-electron chi connectivity index (χ3n) is 3.25. The number of carbonyl (C=O) groups is 1. The fourth-order valence-corrected chi connectivity index (χ4v) is 2.22. The first-order valence-corrected chi connectivity index (χ1v) is 5.55. The molecule has 0 aromatic heterocycles. The molecule has 4 heteroatoms. The van der Waals surface area contributed by atoms with Crippen LogP contribution in [0.2, 0.25) is 0 Å². The molecule has 0 saturated carbocycles. The van der Waals surface area contributed by atoms with Crippen molar-refractivity contribution in [2.24, 2.45) is 5.73 Å². The standard InChI is InChI=1S/C13H16N2O2/c1-8-9(2)15(13(14)17)11-6-4-3-5-10(11)7-12(8)16/h3-6,9,12,16H,1,7H2,2H3,(H2,14,17). The van der Waals surface area contributed by atoms with Crippen LogP contribution in [0.15, 0.2) is 36.4 Å². The Balaban J connectivity index is 2.57. The Hall–Kier alpha value is -1.81. The van der Waals surface area contributed by atoms with Gasteiger partial charge in [-0.05, 0) is 24.1 Å². The largest absolute Gasteiger partial charge is 0.388 e. The molecule has 1 aromatic rings. The van der Waals surface area contributed by atoms with Crippen LogP contribution in [0.4, 0.5) is 10.5 Å². The van der Waals surface area contributed by atoms with Gasteiger partial charge in [0.1, 0.15) is 0 Å². The molecule has 2 unspecified atom stereocenters. The van der Waals surface area contributed by atoms with Crippen molar-refractivity contribution in [2.45, 2.75) is 25.5 Å². The lowest BCUT2D eigenvalue weighted by atomic mass is 10.0. The summed E-state index contributed by atoms with van der Waals surface area (Å²) < 4.78 is 0.